The molecule has 2 aromatic rings. The molecule has 2 aliphatic rings. The third-order valence-corrected chi connectivity index (χ3v) is 6.96. The molecule has 2 fully saturated rings. The molecule has 160 valence electrons. The van der Waals surface area contributed by atoms with Crippen molar-refractivity contribution in [3.63, 3.8) is 0 Å². The van der Waals surface area contributed by atoms with Gasteiger partial charge in [-0.1, -0.05) is 41.7 Å². The number of nitrogens with one attached hydrogen (secondary N) is 1. The molecule has 0 spiro atoms. The molecule has 1 saturated carbocycles. The molecule has 4 rings (SSSR count). The summed E-state index contributed by atoms with van der Waals surface area (Å²) in [6.45, 7) is 4.42. The van der Waals surface area contributed by atoms with E-state index in [2.05, 4.69) is 15.3 Å². The second-order valence-electron chi connectivity index (χ2n) is 8.01. The van der Waals surface area contributed by atoms with Gasteiger partial charge in [-0.05, 0) is 43.5 Å². The lowest BCUT2D eigenvalue weighted by Crippen LogP contribution is -2.41. The van der Waals surface area contributed by atoms with Gasteiger partial charge in [-0.15, -0.1) is 5.10 Å². The normalized spacial score (nSPS) is 17.6. The summed E-state index contributed by atoms with van der Waals surface area (Å²) in [5.74, 6) is 0.204. The van der Waals surface area contributed by atoms with Crippen LogP contribution in [0.4, 0.5) is 5.13 Å². The second kappa shape index (κ2) is 9.36. The third kappa shape index (κ3) is 5.14. The van der Waals surface area contributed by atoms with Gasteiger partial charge >= 0.3 is 0 Å². The highest BCUT2D eigenvalue weighted by Crippen LogP contribution is 2.33. The predicted octanol–water partition coefficient (Wildman–Crippen LogP) is 3.18. The van der Waals surface area contributed by atoms with Gasteiger partial charge in [-0.2, -0.15) is 0 Å². The molecule has 0 unspecified atom stereocenters. The first-order valence-corrected chi connectivity index (χ1v) is 11.7. The zero-order valence-corrected chi connectivity index (χ0v) is 18.8. The van der Waals surface area contributed by atoms with Crippen LogP contribution in [0, 0.1) is 9.87 Å². The van der Waals surface area contributed by atoms with Crippen molar-refractivity contribution in [2.24, 2.45) is 5.92 Å². The number of benzene rings is 1. The van der Waals surface area contributed by atoms with Crippen LogP contribution in [0.25, 0.3) is 0 Å². The number of piperidine rings is 1. The molecule has 1 aromatic heterocycles. The van der Waals surface area contributed by atoms with E-state index in [9.17, 15) is 9.59 Å². The maximum Gasteiger partial charge on any atom is 0.225 e. The first-order valence-electron chi connectivity index (χ1n) is 10.4. The fourth-order valence-corrected chi connectivity index (χ4v) is 5.02. The Morgan fingerprint density at radius 3 is 2.53 bits per heavy atom. The van der Waals surface area contributed by atoms with Gasteiger partial charge in [0.1, 0.15) is 0 Å². The Labute approximate surface area is 185 Å². The third-order valence-electron chi connectivity index (χ3n) is 5.65. The van der Waals surface area contributed by atoms with E-state index in [0.29, 0.717) is 22.3 Å². The van der Waals surface area contributed by atoms with Gasteiger partial charge in [0.2, 0.25) is 16.9 Å². The van der Waals surface area contributed by atoms with E-state index in [0.717, 1.165) is 44.3 Å². The van der Waals surface area contributed by atoms with Crippen molar-refractivity contribution in [1.82, 2.24) is 20.0 Å². The van der Waals surface area contributed by atoms with Gasteiger partial charge in [0.25, 0.3) is 0 Å². The van der Waals surface area contributed by atoms with Crippen LogP contribution in [0.2, 0.25) is 0 Å². The summed E-state index contributed by atoms with van der Waals surface area (Å²) in [4.78, 5) is 28.5. The zero-order valence-electron chi connectivity index (χ0n) is 17.1. The second-order valence-corrected chi connectivity index (χ2v) is 9.61. The Morgan fingerprint density at radius 1 is 1.20 bits per heavy atom. The number of carbonyl (C=O) groups excluding carboxylic acids is 2. The first-order chi connectivity index (χ1) is 14.5. The van der Waals surface area contributed by atoms with Crippen LogP contribution >= 0.6 is 23.6 Å². The Bertz CT molecular complexity index is 946. The number of nitrogens with zero attached hydrogens (tertiary/aromatic N) is 4. The zero-order chi connectivity index (χ0) is 21.1. The van der Waals surface area contributed by atoms with Crippen molar-refractivity contribution < 1.29 is 9.59 Å². The summed E-state index contributed by atoms with van der Waals surface area (Å²) in [5.41, 5.74) is 1.11. The largest absolute Gasteiger partial charge is 0.352 e. The monoisotopic (exact) mass is 445 g/mol. The molecule has 1 aliphatic heterocycles. The number of hydrogen-bond donors (Lipinski definition) is 1. The molecule has 0 bridgehead atoms. The Morgan fingerprint density at radius 2 is 1.90 bits per heavy atom. The van der Waals surface area contributed by atoms with E-state index in [1.54, 1.807) is 11.8 Å². The molecular weight excluding hydrogens is 418 g/mol. The highest BCUT2D eigenvalue weighted by atomic mass is 32.1. The van der Waals surface area contributed by atoms with E-state index >= 15 is 0 Å². The highest BCUT2D eigenvalue weighted by molar-refractivity contribution is 7.73. The minimum absolute atomic E-state index is 0.0238. The fourth-order valence-electron chi connectivity index (χ4n) is 3.82. The molecule has 1 N–H and O–H groups in total. The summed E-state index contributed by atoms with van der Waals surface area (Å²) in [5, 5.41) is 8.38. The Balaban J connectivity index is 1.28. The quantitative estimate of drug-likeness (QED) is 0.663. The van der Waals surface area contributed by atoms with Crippen molar-refractivity contribution in [2.75, 3.05) is 18.0 Å². The van der Waals surface area contributed by atoms with Crippen molar-refractivity contribution in [1.29, 1.82) is 0 Å². The minimum atomic E-state index is 0.0238. The lowest BCUT2D eigenvalue weighted by molar-refractivity contribution is -0.126. The summed E-state index contributed by atoms with van der Waals surface area (Å²) in [6, 6.07) is 10.3. The molecule has 2 heterocycles. The standard InChI is InChI=1S/C21H27N5O2S2/c1-15(27)26(18-7-8-18)20-23-25(21(29)30-20)14-24-11-9-17(10-12-24)19(28)22-13-16-5-3-2-4-6-16/h2-6,17-18H,7-14H2,1H3,(H,22,28). The van der Waals surface area contributed by atoms with Gasteiger partial charge in [0, 0.05) is 38.5 Å². The van der Waals surface area contributed by atoms with E-state index in [4.69, 9.17) is 12.2 Å². The average molecular weight is 446 g/mol. The molecule has 30 heavy (non-hydrogen) atoms. The van der Waals surface area contributed by atoms with E-state index in [1.807, 2.05) is 35.0 Å². The van der Waals surface area contributed by atoms with E-state index < -0.39 is 0 Å². The molecule has 1 aliphatic carbocycles. The van der Waals surface area contributed by atoms with E-state index in [-0.39, 0.29) is 23.8 Å². The van der Waals surface area contributed by atoms with Gasteiger partial charge in [0.05, 0.1) is 6.67 Å². The fraction of sp³-hybridized carbons (Fsp3) is 0.524. The molecule has 0 atom stereocenters. The van der Waals surface area contributed by atoms with Crippen LogP contribution < -0.4 is 10.2 Å². The van der Waals surface area contributed by atoms with Gasteiger partial charge in [-0.25, -0.2) is 4.68 Å². The molecular formula is C21H27N5O2S2. The topological polar surface area (TPSA) is 70.5 Å². The maximum absolute atomic E-state index is 12.5. The summed E-state index contributed by atoms with van der Waals surface area (Å²) in [6.07, 6.45) is 3.72. The van der Waals surface area contributed by atoms with Crippen LogP contribution in [0.15, 0.2) is 30.3 Å². The number of carbonyl (C=O) groups is 2. The van der Waals surface area contributed by atoms with Crippen LogP contribution in [-0.4, -0.2) is 45.6 Å². The molecule has 7 nitrogen and oxygen atoms in total. The van der Waals surface area contributed by atoms with Gasteiger partial charge in [0.15, 0.2) is 3.95 Å². The maximum atomic E-state index is 12.5. The minimum Gasteiger partial charge on any atom is -0.352 e. The van der Waals surface area contributed by atoms with E-state index in [1.165, 1.54) is 11.3 Å². The summed E-state index contributed by atoms with van der Waals surface area (Å²) >= 11 is 6.89. The molecule has 1 aromatic carbocycles. The lowest BCUT2D eigenvalue weighted by atomic mass is 9.96. The van der Waals surface area contributed by atoms with Crippen LogP contribution in [-0.2, 0) is 22.8 Å². The smallest absolute Gasteiger partial charge is 0.225 e. The van der Waals surface area contributed by atoms with Crippen LogP contribution in [0.1, 0.15) is 38.2 Å². The Hall–Kier alpha value is -2.10. The number of anilines is 1. The Kier molecular flexibility index (Phi) is 6.60. The van der Waals surface area contributed by atoms with Crippen molar-refractivity contribution in [3.05, 3.63) is 39.8 Å². The highest BCUT2D eigenvalue weighted by Gasteiger charge is 2.34. The average Bonchev–Trinajstić information content (AvgIpc) is 3.51. The molecule has 0 radical (unpaired) electrons. The summed E-state index contributed by atoms with van der Waals surface area (Å²) in [7, 11) is 0. The SMILES string of the molecule is CC(=O)N(c1nn(CN2CCC(C(=O)NCc3ccccc3)CC2)c(=S)s1)C1CC1. The van der Waals surface area contributed by atoms with Crippen LogP contribution in [0.3, 0.4) is 0 Å². The van der Waals surface area contributed by atoms with Crippen LogP contribution in [0.5, 0.6) is 0 Å². The van der Waals surface area contributed by atoms with Gasteiger partial charge in [-0.3, -0.25) is 19.4 Å². The number of hydrogen-bond acceptors (Lipinski definition) is 6. The molecule has 9 heteroatoms. The summed E-state index contributed by atoms with van der Waals surface area (Å²) < 4.78 is 2.49. The van der Waals surface area contributed by atoms with Crippen molar-refractivity contribution in [3.8, 4) is 0 Å². The lowest BCUT2D eigenvalue weighted by Gasteiger charge is -2.31. The van der Waals surface area contributed by atoms with Gasteiger partial charge < -0.3 is 5.32 Å². The molecule has 2 amide bonds. The number of rotatable bonds is 7. The molecule has 1 saturated heterocycles. The predicted molar refractivity (Wildman–Crippen MR) is 120 cm³/mol. The number of aromatic nitrogens is 2. The first kappa shape index (κ1) is 21.1. The number of amides is 2. The van der Waals surface area contributed by atoms with Crippen molar-refractivity contribution in [2.45, 2.75) is 51.9 Å². The number of likely N-dealkylation sites (tertiary alicyclic amines) is 1. The van der Waals surface area contributed by atoms with Crippen molar-refractivity contribution >= 4 is 40.5 Å².